The highest BCUT2D eigenvalue weighted by Crippen LogP contribution is 2.40. The van der Waals surface area contributed by atoms with Crippen molar-refractivity contribution >= 4 is 37.0 Å². The Morgan fingerprint density at radius 1 is 1.11 bits per heavy atom. The van der Waals surface area contributed by atoms with Crippen LogP contribution < -0.4 is 5.32 Å². The number of carbonyl (C=O) groups excluding carboxylic acids is 3. The van der Waals surface area contributed by atoms with E-state index in [1.54, 1.807) is 6.07 Å². The van der Waals surface area contributed by atoms with Gasteiger partial charge in [-0.3, -0.25) is 14.4 Å². The fourth-order valence-electron chi connectivity index (χ4n) is 4.18. The highest BCUT2D eigenvalue weighted by Gasteiger charge is 2.50. The van der Waals surface area contributed by atoms with Gasteiger partial charge < -0.3 is 14.6 Å². The van der Waals surface area contributed by atoms with E-state index < -0.39 is 14.2 Å². The molecule has 1 N–H and O–H groups in total. The summed E-state index contributed by atoms with van der Waals surface area (Å²) < 4.78 is 6.49. The van der Waals surface area contributed by atoms with Gasteiger partial charge in [-0.25, -0.2) is 0 Å². The van der Waals surface area contributed by atoms with Crippen molar-refractivity contribution in [3.05, 3.63) is 29.8 Å². The van der Waals surface area contributed by atoms with Crippen LogP contribution in [0.25, 0.3) is 0 Å². The summed E-state index contributed by atoms with van der Waals surface area (Å²) in [5.41, 5.74) is 0.559. The van der Waals surface area contributed by atoms with Gasteiger partial charge in [0.15, 0.2) is 13.4 Å². The topological polar surface area (TPSA) is 75.7 Å². The van der Waals surface area contributed by atoms with Crippen LogP contribution >= 0.6 is 11.8 Å². The van der Waals surface area contributed by atoms with E-state index in [0.29, 0.717) is 23.5 Å². The Morgan fingerprint density at radius 2 is 1.69 bits per heavy atom. The third-order valence-electron chi connectivity index (χ3n) is 7.30. The highest BCUT2D eigenvalue weighted by atomic mass is 32.2. The zero-order chi connectivity index (χ0) is 26.6. The molecule has 2 amide bonds. The number of nitrogens with zero attached hydrogens (tertiary/aromatic N) is 1. The molecule has 35 heavy (non-hydrogen) atoms. The second-order valence-electron chi connectivity index (χ2n) is 11.1. The Kier molecular flexibility index (Phi) is 10.2. The summed E-state index contributed by atoms with van der Waals surface area (Å²) in [5.74, 6) is -0.858. The van der Waals surface area contributed by atoms with Crippen LogP contribution in [-0.4, -0.2) is 55.4 Å². The lowest BCUT2D eigenvalue weighted by Gasteiger charge is -2.46. The van der Waals surface area contributed by atoms with Crippen LogP contribution in [-0.2, 0) is 14.0 Å². The first-order valence-electron chi connectivity index (χ1n) is 12.8. The van der Waals surface area contributed by atoms with Crippen LogP contribution in [0, 0.1) is 11.8 Å². The van der Waals surface area contributed by atoms with Crippen LogP contribution in [0.1, 0.15) is 71.7 Å². The lowest BCUT2D eigenvalue weighted by atomic mass is 9.79. The maximum atomic E-state index is 13.3. The van der Waals surface area contributed by atoms with E-state index in [1.165, 1.54) is 0 Å². The number of hydrogen-bond acceptors (Lipinski definition) is 5. The standard InChI is InChI=1S/C27H44N2O4SSi/c1-10-16-29(17-11-2)25(31)20-14-12-13-15-21(20)34-26(32)18(3)23-22(24(30)28-23)19(4)33-35(8,9)27(5,6)7/h12-15,18-19,22-23H,10-11,16-17H2,1-9H3,(H,28,30)/t18-,19+,22+,23+/m0/s1. The first kappa shape index (κ1) is 29.6. The first-order valence-corrected chi connectivity index (χ1v) is 16.6. The summed E-state index contributed by atoms with van der Waals surface area (Å²) in [4.78, 5) is 41.6. The molecule has 1 heterocycles. The number of hydrogen-bond donors (Lipinski definition) is 1. The first-order chi connectivity index (χ1) is 16.2. The van der Waals surface area contributed by atoms with Crippen molar-refractivity contribution in [3.8, 4) is 0 Å². The number of amides is 2. The number of benzene rings is 1. The molecule has 6 nitrogen and oxygen atoms in total. The number of thioether (sulfide) groups is 1. The predicted molar refractivity (Wildman–Crippen MR) is 146 cm³/mol. The minimum absolute atomic E-state index is 0.0357. The van der Waals surface area contributed by atoms with Gasteiger partial charge in [-0.05, 0) is 50.0 Å². The molecule has 2 rings (SSSR count). The molecule has 1 aromatic carbocycles. The van der Waals surface area contributed by atoms with Crippen molar-refractivity contribution in [1.82, 2.24) is 10.2 Å². The Morgan fingerprint density at radius 3 is 2.20 bits per heavy atom. The van der Waals surface area contributed by atoms with E-state index >= 15 is 0 Å². The quantitative estimate of drug-likeness (QED) is 0.229. The molecule has 0 saturated carbocycles. The fourth-order valence-corrected chi connectivity index (χ4v) is 6.57. The van der Waals surface area contributed by atoms with Gasteiger partial charge in [0.1, 0.15) is 0 Å². The third kappa shape index (κ3) is 6.98. The molecule has 0 aromatic heterocycles. The van der Waals surface area contributed by atoms with Crippen molar-refractivity contribution in [1.29, 1.82) is 0 Å². The van der Waals surface area contributed by atoms with Crippen molar-refractivity contribution in [2.45, 2.75) is 96.5 Å². The molecule has 1 aliphatic heterocycles. The highest BCUT2D eigenvalue weighted by molar-refractivity contribution is 8.13. The molecule has 0 radical (unpaired) electrons. The van der Waals surface area contributed by atoms with Gasteiger partial charge in [0.05, 0.1) is 23.6 Å². The Balaban J connectivity index is 2.15. The normalized spacial score (nSPS) is 20.0. The van der Waals surface area contributed by atoms with Gasteiger partial charge in [-0.2, -0.15) is 0 Å². The second kappa shape index (κ2) is 12.1. The van der Waals surface area contributed by atoms with Gasteiger partial charge in [-0.15, -0.1) is 0 Å². The SMILES string of the molecule is CCCN(CCC)C(=O)c1ccccc1SC(=O)[C@@H](C)[C@H]1NC(=O)[C@@H]1[C@@H](C)O[Si](C)(C)C(C)(C)C. The minimum Gasteiger partial charge on any atom is -0.413 e. The van der Waals surface area contributed by atoms with Crippen molar-refractivity contribution in [2.24, 2.45) is 11.8 Å². The van der Waals surface area contributed by atoms with Gasteiger partial charge in [0, 0.05) is 23.9 Å². The average molecular weight is 521 g/mol. The number of nitrogens with one attached hydrogen (secondary N) is 1. The molecule has 196 valence electrons. The van der Waals surface area contributed by atoms with Crippen LogP contribution in [0.2, 0.25) is 18.1 Å². The molecular weight excluding hydrogens is 476 g/mol. The molecule has 1 aromatic rings. The summed E-state index contributed by atoms with van der Waals surface area (Å²) in [6.07, 6.45) is 1.50. The van der Waals surface area contributed by atoms with Crippen LogP contribution in [0.4, 0.5) is 0 Å². The smallest absolute Gasteiger partial charge is 0.255 e. The number of rotatable bonds is 11. The molecule has 8 heteroatoms. The van der Waals surface area contributed by atoms with Crippen molar-refractivity contribution < 1.29 is 18.8 Å². The molecule has 0 bridgehead atoms. The van der Waals surface area contributed by atoms with E-state index in [-0.39, 0.29) is 40.0 Å². The summed E-state index contributed by atoms with van der Waals surface area (Å²) in [5, 5.41) is 2.92. The van der Waals surface area contributed by atoms with Crippen molar-refractivity contribution in [2.75, 3.05) is 13.1 Å². The zero-order valence-corrected chi connectivity index (χ0v) is 24.8. The maximum absolute atomic E-state index is 13.3. The monoisotopic (exact) mass is 520 g/mol. The van der Waals surface area contributed by atoms with Crippen LogP contribution in [0.3, 0.4) is 0 Å². The van der Waals surface area contributed by atoms with Gasteiger partial charge >= 0.3 is 0 Å². The Bertz CT molecular complexity index is 909. The molecular formula is C27H44N2O4SSi. The van der Waals surface area contributed by atoms with Crippen LogP contribution in [0.5, 0.6) is 0 Å². The fraction of sp³-hybridized carbons (Fsp3) is 0.667. The molecule has 0 aliphatic carbocycles. The van der Waals surface area contributed by atoms with E-state index in [0.717, 1.165) is 24.6 Å². The molecule has 1 fully saturated rings. The van der Waals surface area contributed by atoms with E-state index in [4.69, 9.17) is 4.43 Å². The Hall–Kier alpha value is -1.64. The van der Waals surface area contributed by atoms with E-state index in [2.05, 4.69) is 53.0 Å². The summed E-state index contributed by atoms with van der Waals surface area (Å²) in [6, 6.07) is 7.04. The van der Waals surface area contributed by atoms with Crippen LogP contribution in [0.15, 0.2) is 29.2 Å². The van der Waals surface area contributed by atoms with Gasteiger partial charge in [-0.1, -0.05) is 65.4 Å². The lowest BCUT2D eigenvalue weighted by molar-refractivity contribution is -0.143. The number of carbonyl (C=O) groups is 3. The Labute approximate surface area is 217 Å². The summed E-state index contributed by atoms with van der Waals surface area (Å²) in [7, 11) is -2.05. The molecule has 1 aliphatic rings. The van der Waals surface area contributed by atoms with Gasteiger partial charge in [0.2, 0.25) is 5.91 Å². The number of β-lactam (4-membered cyclic amide) rings is 1. The maximum Gasteiger partial charge on any atom is 0.255 e. The molecule has 0 spiro atoms. The summed E-state index contributed by atoms with van der Waals surface area (Å²) >= 11 is 1.10. The minimum atomic E-state index is -2.05. The zero-order valence-electron chi connectivity index (χ0n) is 22.9. The van der Waals surface area contributed by atoms with E-state index in [9.17, 15) is 14.4 Å². The second-order valence-corrected chi connectivity index (χ2v) is 16.9. The molecule has 1 saturated heterocycles. The van der Waals surface area contributed by atoms with Crippen molar-refractivity contribution in [3.63, 3.8) is 0 Å². The largest absolute Gasteiger partial charge is 0.413 e. The lowest BCUT2D eigenvalue weighted by Crippen LogP contribution is -2.66. The predicted octanol–water partition coefficient (Wildman–Crippen LogP) is 5.73. The van der Waals surface area contributed by atoms with E-state index in [1.807, 2.05) is 36.9 Å². The average Bonchev–Trinajstić information content (AvgIpc) is 2.75. The van der Waals surface area contributed by atoms with Gasteiger partial charge in [0.25, 0.3) is 5.91 Å². The third-order valence-corrected chi connectivity index (χ3v) is 13.0. The molecule has 4 atom stereocenters. The summed E-state index contributed by atoms with van der Waals surface area (Å²) in [6.45, 7) is 20.2. The molecule has 0 unspecified atom stereocenters.